The maximum Gasteiger partial charge on any atom is 0.119 e. The van der Waals surface area contributed by atoms with Crippen molar-refractivity contribution < 1.29 is 4.74 Å². The quantitative estimate of drug-likeness (QED) is 0.816. The minimum Gasteiger partial charge on any atom is -0.494 e. The number of rotatable bonds is 6. The van der Waals surface area contributed by atoms with Gasteiger partial charge in [0, 0.05) is 25.8 Å². The van der Waals surface area contributed by atoms with Crippen molar-refractivity contribution in [2.45, 2.75) is 32.2 Å². The molecule has 2 aliphatic rings. The highest BCUT2D eigenvalue weighted by Gasteiger charge is 2.19. The summed E-state index contributed by atoms with van der Waals surface area (Å²) in [5, 5.41) is 1.94. The van der Waals surface area contributed by atoms with E-state index in [1.807, 2.05) is 24.3 Å². The molecule has 0 radical (unpaired) electrons. The minimum absolute atomic E-state index is 0.748. The van der Waals surface area contributed by atoms with Crippen molar-refractivity contribution >= 4 is 5.70 Å². The lowest BCUT2D eigenvalue weighted by Gasteiger charge is -2.22. The fourth-order valence-corrected chi connectivity index (χ4v) is 3.21. The molecule has 1 saturated heterocycles. The molecule has 0 unspecified atom stereocenters. The van der Waals surface area contributed by atoms with Gasteiger partial charge in [-0.1, -0.05) is 0 Å². The highest BCUT2D eigenvalue weighted by atomic mass is 16.5. The Morgan fingerprint density at radius 1 is 1.26 bits per heavy atom. The molecule has 2 heterocycles. The number of nitrogens with one attached hydrogen (secondary N) is 1. The molecule has 0 spiro atoms. The smallest absolute Gasteiger partial charge is 0.119 e. The number of likely N-dealkylation sites (tertiary alicyclic amines) is 1. The summed E-state index contributed by atoms with van der Waals surface area (Å²) in [5.41, 5.74) is 5.57. The highest BCUT2D eigenvalue weighted by Crippen LogP contribution is 2.20. The second-order valence-corrected chi connectivity index (χ2v) is 6.40. The summed E-state index contributed by atoms with van der Waals surface area (Å²) >= 11 is 0. The van der Waals surface area contributed by atoms with Crippen LogP contribution in [0.25, 0.3) is 5.70 Å². The highest BCUT2D eigenvalue weighted by molar-refractivity contribution is 5.66. The molecule has 3 rings (SSSR count). The van der Waals surface area contributed by atoms with Crippen LogP contribution in [0.3, 0.4) is 0 Å². The molecular formula is C19H27N3O. The lowest BCUT2D eigenvalue weighted by atomic mass is 10.1. The molecule has 4 nitrogen and oxygen atoms in total. The van der Waals surface area contributed by atoms with Gasteiger partial charge in [0.2, 0.25) is 0 Å². The Balaban J connectivity index is 1.44. The number of allylic oxidation sites excluding steroid dienone is 2. The normalized spacial score (nSPS) is 21.2. The predicted octanol–water partition coefficient (Wildman–Crippen LogP) is 3.24. The van der Waals surface area contributed by atoms with Gasteiger partial charge in [0.15, 0.2) is 0 Å². The van der Waals surface area contributed by atoms with Crippen molar-refractivity contribution in [2.75, 3.05) is 26.7 Å². The van der Waals surface area contributed by atoms with Gasteiger partial charge in [-0.05, 0) is 74.7 Å². The topological polar surface area (TPSA) is 27.7 Å². The van der Waals surface area contributed by atoms with E-state index >= 15 is 0 Å². The van der Waals surface area contributed by atoms with E-state index in [4.69, 9.17) is 4.74 Å². The van der Waals surface area contributed by atoms with E-state index in [-0.39, 0.29) is 0 Å². The van der Waals surface area contributed by atoms with Crippen molar-refractivity contribution in [2.24, 2.45) is 0 Å². The van der Waals surface area contributed by atoms with Crippen LogP contribution >= 0.6 is 0 Å². The second-order valence-electron chi connectivity index (χ2n) is 6.40. The van der Waals surface area contributed by atoms with Gasteiger partial charge in [-0.2, -0.15) is 0 Å². The minimum atomic E-state index is 0.748. The average molecular weight is 313 g/mol. The van der Waals surface area contributed by atoms with Gasteiger partial charge in [-0.15, -0.1) is 0 Å². The third-order valence-corrected chi connectivity index (χ3v) is 4.58. The maximum absolute atomic E-state index is 5.87. The molecule has 1 aromatic carbocycles. The predicted molar refractivity (Wildman–Crippen MR) is 94.8 cm³/mol. The number of nitrogens with zero attached hydrogens (tertiary/aromatic N) is 2. The first-order valence-electron chi connectivity index (χ1n) is 8.57. The van der Waals surface area contributed by atoms with Crippen LogP contribution in [0.4, 0.5) is 0 Å². The molecule has 0 bridgehead atoms. The number of benzene rings is 1. The van der Waals surface area contributed by atoms with Crippen molar-refractivity contribution in [3.05, 3.63) is 48.2 Å². The molecule has 1 N–H and O–H groups in total. The largest absolute Gasteiger partial charge is 0.494 e. The van der Waals surface area contributed by atoms with Crippen LogP contribution in [-0.2, 0) is 0 Å². The molecule has 0 aromatic heterocycles. The Kier molecular flexibility index (Phi) is 5.23. The summed E-state index contributed by atoms with van der Waals surface area (Å²) in [6, 6.07) is 9.05. The number of hydrogen-bond donors (Lipinski definition) is 1. The van der Waals surface area contributed by atoms with Gasteiger partial charge in [0.05, 0.1) is 12.3 Å². The van der Waals surface area contributed by atoms with Crippen LogP contribution in [0.1, 0.15) is 31.7 Å². The summed E-state index contributed by atoms with van der Waals surface area (Å²) in [7, 11) is 1.99. The zero-order valence-corrected chi connectivity index (χ0v) is 14.2. The first-order chi connectivity index (χ1) is 11.2. The lowest BCUT2D eigenvalue weighted by molar-refractivity contribution is 0.230. The lowest BCUT2D eigenvalue weighted by Crippen LogP contribution is -2.29. The summed E-state index contributed by atoms with van der Waals surface area (Å²) in [5.74, 6) is 0.948. The van der Waals surface area contributed by atoms with Gasteiger partial charge < -0.3 is 9.64 Å². The zero-order chi connectivity index (χ0) is 16.1. The fourth-order valence-electron chi connectivity index (χ4n) is 3.21. The van der Waals surface area contributed by atoms with Crippen LogP contribution in [-0.4, -0.2) is 42.7 Å². The monoisotopic (exact) mass is 313 g/mol. The van der Waals surface area contributed by atoms with Crippen molar-refractivity contribution in [3.63, 3.8) is 0 Å². The van der Waals surface area contributed by atoms with Gasteiger partial charge in [0.25, 0.3) is 0 Å². The Hall–Kier alpha value is -1.94. The van der Waals surface area contributed by atoms with E-state index < -0.39 is 0 Å². The molecule has 2 aliphatic heterocycles. The van der Waals surface area contributed by atoms with E-state index in [9.17, 15) is 0 Å². The Morgan fingerprint density at radius 2 is 2.09 bits per heavy atom. The third kappa shape index (κ3) is 4.29. The van der Waals surface area contributed by atoms with Crippen LogP contribution in [0.5, 0.6) is 5.75 Å². The van der Waals surface area contributed by atoms with Crippen LogP contribution < -0.4 is 10.2 Å². The standard InChI is InChI=1S/C19H27N3O/c1-16-6-3-13-22(16)14-5-15-23-18-10-8-17(9-11-18)19-7-4-12-21(2)20-19/h4,7-12,16,20H,3,5-6,13-15H2,1-2H3/t16-/m1/s1. The summed E-state index contributed by atoms with van der Waals surface area (Å²) in [6.07, 6.45) is 9.88. The van der Waals surface area contributed by atoms with E-state index in [0.717, 1.165) is 37.1 Å². The van der Waals surface area contributed by atoms with Crippen molar-refractivity contribution in [3.8, 4) is 5.75 Å². The molecule has 124 valence electrons. The van der Waals surface area contributed by atoms with Crippen LogP contribution in [0.15, 0.2) is 42.6 Å². The number of hydrogen-bond acceptors (Lipinski definition) is 4. The Bertz CT molecular complexity index is 564. The van der Waals surface area contributed by atoms with E-state index in [1.165, 1.54) is 24.9 Å². The van der Waals surface area contributed by atoms with Crippen LogP contribution in [0.2, 0.25) is 0 Å². The van der Waals surface area contributed by atoms with E-state index in [0.29, 0.717) is 0 Å². The Morgan fingerprint density at radius 3 is 2.78 bits per heavy atom. The first kappa shape index (κ1) is 15.9. The molecule has 23 heavy (non-hydrogen) atoms. The molecule has 1 aromatic rings. The average Bonchev–Trinajstić information content (AvgIpc) is 2.97. The first-order valence-corrected chi connectivity index (χ1v) is 8.57. The van der Waals surface area contributed by atoms with Gasteiger partial charge in [-0.25, -0.2) is 0 Å². The van der Waals surface area contributed by atoms with E-state index in [1.54, 1.807) is 0 Å². The number of hydrazine groups is 1. The van der Waals surface area contributed by atoms with E-state index in [2.05, 4.69) is 47.6 Å². The Labute approximate surface area is 139 Å². The zero-order valence-electron chi connectivity index (χ0n) is 14.2. The molecule has 0 amide bonds. The molecular weight excluding hydrogens is 286 g/mol. The van der Waals surface area contributed by atoms with Gasteiger partial charge in [0.1, 0.15) is 5.75 Å². The summed E-state index contributed by atoms with van der Waals surface area (Å²) in [4.78, 5) is 2.57. The summed E-state index contributed by atoms with van der Waals surface area (Å²) < 4.78 is 5.87. The molecule has 0 saturated carbocycles. The summed E-state index contributed by atoms with van der Waals surface area (Å²) in [6.45, 7) is 5.51. The number of ether oxygens (including phenoxy) is 1. The fraction of sp³-hybridized carbons (Fsp3) is 0.474. The SMILES string of the molecule is C[C@@H]1CCCN1CCCOc1ccc(C2=CC=CN(C)N2)cc1. The third-order valence-electron chi connectivity index (χ3n) is 4.58. The molecule has 1 atom stereocenters. The van der Waals surface area contributed by atoms with Crippen molar-refractivity contribution in [1.82, 2.24) is 15.3 Å². The molecule has 1 fully saturated rings. The maximum atomic E-state index is 5.87. The van der Waals surface area contributed by atoms with Gasteiger partial charge in [-0.3, -0.25) is 10.4 Å². The molecule has 0 aliphatic carbocycles. The van der Waals surface area contributed by atoms with Crippen molar-refractivity contribution in [1.29, 1.82) is 0 Å². The van der Waals surface area contributed by atoms with Crippen LogP contribution in [0, 0.1) is 0 Å². The second kappa shape index (κ2) is 7.55. The molecule has 4 heteroatoms. The van der Waals surface area contributed by atoms with Gasteiger partial charge >= 0.3 is 0 Å².